The lowest BCUT2D eigenvalue weighted by Gasteiger charge is -2.06. The maximum absolute atomic E-state index is 10.5. The number of carboxylic acid groups (broad SMARTS) is 1. The number of ether oxygens (including phenoxy) is 1. The maximum atomic E-state index is 10.5. The van der Waals surface area contributed by atoms with Gasteiger partial charge in [0.1, 0.15) is 5.75 Å². The van der Waals surface area contributed by atoms with Crippen LogP contribution in [0.25, 0.3) is 6.08 Å². The monoisotopic (exact) mass is 306 g/mol. The number of aromatic nitrogens is 2. The summed E-state index contributed by atoms with van der Waals surface area (Å²) in [6, 6.07) is 5.31. The van der Waals surface area contributed by atoms with Gasteiger partial charge in [0.05, 0.1) is 17.4 Å². The van der Waals surface area contributed by atoms with Crippen molar-refractivity contribution in [3.05, 3.63) is 47.3 Å². The van der Waals surface area contributed by atoms with Gasteiger partial charge in [-0.05, 0) is 37.6 Å². The van der Waals surface area contributed by atoms with Crippen molar-refractivity contribution in [3.8, 4) is 11.5 Å². The van der Waals surface area contributed by atoms with Gasteiger partial charge in [-0.25, -0.2) is 4.79 Å². The van der Waals surface area contributed by atoms with E-state index in [2.05, 4.69) is 5.10 Å². The van der Waals surface area contributed by atoms with Gasteiger partial charge < -0.3 is 9.84 Å². The second-order valence-electron chi connectivity index (χ2n) is 4.71. The zero-order valence-corrected chi connectivity index (χ0v) is 12.4. The van der Waals surface area contributed by atoms with E-state index in [1.807, 2.05) is 13.8 Å². The number of nitrogens with zero attached hydrogens (tertiary/aromatic N) is 2. The van der Waals surface area contributed by atoms with Crippen LogP contribution in [0.4, 0.5) is 0 Å². The van der Waals surface area contributed by atoms with Crippen LogP contribution in [0.15, 0.2) is 36.7 Å². The summed E-state index contributed by atoms with van der Waals surface area (Å²) in [5, 5.41) is 13.2. The molecule has 0 fully saturated rings. The molecular weight excluding hydrogens is 292 g/mol. The molecule has 0 unspecified atom stereocenters. The zero-order valence-electron chi connectivity index (χ0n) is 11.7. The molecule has 6 heteroatoms. The van der Waals surface area contributed by atoms with Gasteiger partial charge in [0.15, 0.2) is 5.75 Å². The van der Waals surface area contributed by atoms with Crippen LogP contribution in [0, 0.1) is 0 Å². The van der Waals surface area contributed by atoms with Crippen molar-refractivity contribution < 1.29 is 14.6 Å². The predicted molar refractivity (Wildman–Crippen MR) is 80.8 cm³/mol. The molecule has 0 saturated carbocycles. The molecule has 0 bridgehead atoms. The minimum atomic E-state index is -1.01. The van der Waals surface area contributed by atoms with Crippen LogP contribution in [-0.2, 0) is 4.79 Å². The highest BCUT2D eigenvalue weighted by atomic mass is 35.5. The van der Waals surface area contributed by atoms with Gasteiger partial charge in [0.2, 0.25) is 0 Å². The number of benzene rings is 1. The van der Waals surface area contributed by atoms with Crippen molar-refractivity contribution in [3.63, 3.8) is 0 Å². The van der Waals surface area contributed by atoms with Crippen molar-refractivity contribution in [2.75, 3.05) is 0 Å². The molecule has 1 heterocycles. The third-order valence-corrected chi connectivity index (χ3v) is 3.00. The summed E-state index contributed by atoms with van der Waals surface area (Å²) in [4.78, 5) is 10.5. The Morgan fingerprint density at radius 1 is 1.48 bits per heavy atom. The van der Waals surface area contributed by atoms with Crippen molar-refractivity contribution in [1.29, 1.82) is 0 Å². The van der Waals surface area contributed by atoms with Crippen molar-refractivity contribution in [2.24, 2.45) is 0 Å². The van der Waals surface area contributed by atoms with Gasteiger partial charge >= 0.3 is 5.97 Å². The maximum Gasteiger partial charge on any atom is 0.328 e. The van der Waals surface area contributed by atoms with E-state index in [9.17, 15) is 4.79 Å². The summed E-state index contributed by atoms with van der Waals surface area (Å²) in [7, 11) is 0. The molecular formula is C15H15ClN2O3. The highest BCUT2D eigenvalue weighted by molar-refractivity contribution is 6.32. The first kappa shape index (κ1) is 15.1. The van der Waals surface area contributed by atoms with Gasteiger partial charge in [-0.3, -0.25) is 4.68 Å². The molecule has 1 N–H and O–H groups in total. The van der Waals surface area contributed by atoms with Crippen molar-refractivity contribution in [1.82, 2.24) is 9.78 Å². The molecule has 0 aliphatic carbocycles. The van der Waals surface area contributed by atoms with E-state index >= 15 is 0 Å². The number of carbonyl (C=O) groups is 1. The summed E-state index contributed by atoms with van der Waals surface area (Å²) in [6.45, 7) is 4.04. The second kappa shape index (κ2) is 6.45. The minimum absolute atomic E-state index is 0.251. The van der Waals surface area contributed by atoms with Crippen LogP contribution >= 0.6 is 11.6 Å². The van der Waals surface area contributed by atoms with Crippen LogP contribution in [0.1, 0.15) is 25.5 Å². The fourth-order valence-corrected chi connectivity index (χ4v) is 1.88. The Morgan fingerprint density at radius 3 is 2.81 bits per heavy atom. The van der Waals surface area contributed by atoms with Gasteiger partial charge in [0.25, 0.3) is 0 Å². The average molecular weight is 307 g/mol. The van der Waals surface area contributed by atoms with Crippen LogP contribution in [0.5, 0.6) is 11.5 Å². The van der Waals surface area contributed by atoms with Crippen LogP contribution in [0.2, 0.25) is 5.02 Å². The Labute approximate surface area is 127 Å². The minimum Gasteiger partial charge on any atom is -0.478 e. The van der Waals surface area contributed by atoms with Crippen molar-refractivity contribution >= 4 is 23.6 Å². The Balaban J connectivity index is 2.15. The summed E-state index contributed by atoms with van der Waals surface area (Å²) >= 11 is 6.13. The van der Waals surface area contributed by atoms with Gasteiger partial charge in [-0.15, -0.1) is 0 Å². The molecule has 1 aromatic heterocycles. The topological polar surface area (TPSA) is 64.3 Å². The van der Waals surface area contributed by atoms with Crippen molar-refractivity contribution in [2.45, 2.75) is 19.9 Å². The van der Waals surface area contributed by atoms with E-state index in [1.165, 1.54) is 6.08 Å². The van der Waals surface area contributed by atoms with E-state index in [0.29, 0.717) is 22.1 Å². The molecule has 0 saturated heterocycles. The molecule has 0 aliphatic rings. The third-order valence-electron chi connectivity index (χ3n) is 2.71. The summed E-state index contributed by atoms with van der Waals surface area (Å²) in [5.41, 5.74) is 0.688. The molecule has 2 rings (SSSR count). The molecule has 2 aromatic rings. The molecule has 21 heavy (non-hydrogen) atoms. The van der Waals surface area contributed by atoms with Crippen LogP contribution in [-0.4, -0.2) is 20.9 Å². The summed E-state index contributed by atoms with van der Waals surface area (Å²) in [5.74, 6) is 0.0828. The van der Waals surface area contributed by atoms with E-state index < -0.39 is 5.97 Å². The molecule has 0 spiro atoms. The molecule has 0 radical (unpaired) electrons. The number of hydrogen-bond donors (Lipinski definition) is 1. The molecule has 1 aromatic carbocycles. The lowest BCUT2D eigenvalue weighted by atomic mass is 10.2. The molecule has 0 atom stereocenters. The second-order valence-corrected chi connectivity index (χ2v) is 5.12. The fourth-order valence-electron chi connectivity index (χ4n) is 1.65. The first-order valence-electron chi connectivity index (χ1n) is 6.38. The summed E-state index contributed by atoms with van der Waals surface area (Å²) < 4.78 is 7.45. The third kappa shape index (κ3) is 4.10. The fraction of sp³-hybridized carbons (Fsp3) is 0.200. The van der Waals surface area contributed by atoms with Gasteiger partial charge in [-0.1, -0.05) is 17.7 Å². The first-order chi connectivity index (χ1) is 9.95. The quantitative estimate of drug-likeness (QED) is 0.848. The number of hydrogen-bond acceptors (Lipinski definition) is 3. The lowest BCUT2D eigenvalue weighted by Crippen LogP contribution is -1.99. The molecule has 0 amide bonds. The normalized spacial score (nSPS) is 11.2. The molecule has 110 valence electrons. The molecule has 0 aliphatic heterocycles. The highest BCUT2D eigenvalue weighted by Gasteiger charge is 2.07. The van der Waals surface area contributed by atoms with Crippen LogP contribution in [0.3, 0.4) is 0 Å². The average Bonchev–Trinajstić information content (AvgIpc) is 2.88. The highest BCUT2D eigenvalue weighted by Crippen LogP contribution is 2.30. The van der Waals surface area contributed by atoms with Crippen LogP contribution < -0.4 is 4.74 Å². The zero-order chi connectivity index (χ0) is 15.4. The number of halogens is 1. The van der Waals surface area contributed by atoms with Gasteiger partial charge in [0, 0.05) is 12.1 Å². The number of aliphatic carboxylic acids is 1. The Hall–Kier alpha value is -2.27. The standard InChI is InChI=1S/C15H15ClN2O3/c1-10(2)18-9-12(8-17-18)21-14-5-3-11(7-13(14)16)4-6-15(19)20/h3-10H,1-2H3,(H,19,20)/b6-4+. The van der Waals surface area contributed by atoms with Gasteiger partial charge in [-0.2, -0.15) is 5.10 Å². The summed E-state index contributed by atoms with van der Waals surface area (Å²) in [6.07, 6.45) is 5.93. The van der Waals surface area contributed by atoms with E-state index in [1.54, 1.807) is 35.3 Å². The number of carboxylic acids is 1. The Morgan fingerprint density at radius 2 is 2.24 bits per heavy atom. The smallest absolute Gasteiger partial charge is 0.328 e. The largest absolute Gasteiger partial charge is 0.478 e. The van der Waals surface area contributed by atoms with E-state index in [4.69, 9.17) is 21.4 Å². The number of rotatable bonds is 5. The Bertz CT molecular complexity index is 677. The van der Waals surface area contributed by atoms with E-state index in [0.717, 1.165) is 6.08 Å². The Kier molecular flexibility index (Phi) is 4.65. The molecule has 5 nitrogen and oxygen atoms in total. The first-order valence-corrected chi connectivity index (χ1v) is 6.76. The van der Waals surface area contributed by atoms with E-state index in [-0.39, 0.29) is 6.04 Å². The SMILES string of the molecule is CC(C)n1cc(Oc2ccc(/C=C/C(=O)O)cc2Cl)cn1. The lowest BCUT2D eigenvalue weighted by molar-refractivity contribution is -0.131. The predicted octanol–water partition coefficient (Wildman–Crippen LogP) is 4.01.